The largest absolute Gasteiger partial charge is 0.618 e. The molecule has 1 heterocycles. The van der Waals surface area contributed by atoms with Gasteiger partial charge in [-0.15, -0.1) is 0 Å². The average Bonchev–Trinajstić information content (AvgIpc) is 2.17. The van der Waals surface area contributed by atoms with Gasteiger partial charge in [0.25, 0.3) is 0 Å². The van der Waals surface area contributed by atoms with Crippen LogP contribution in [0.2, 0.25) is 0 Å². The van der Waals surface area contributed by atoms with Crippen LogP contribution in [0.4, 0.5) is 18.9 Å². The number of alkyl halides is 3. The Kier molecular flexibility index (Phi) is 2.15. The summed E-state index contributed by atoms with van der Waals surface area (Å²) in [5, 5.41) is 11.2. The minimum absolute atomic E-state index is 0.0881. The van der Waals surface area contributed by atoms with Crippen LogP contribution in [-0.2, 0) is 6.18 Å². The van der Waals surface area contributed by atoms with Crippen molar-refractivity contribution in [1.29, 1.82) is 0 Å². The third-order valence-corrected chi connectivity index (χ3v) is 2.23. The third kappa shape index (κ3) is 1.62. The summed E-state index contributed by atoms with van der Waals surface area (Å²) in [6, 6.07) is 4.50. The topological polar surface area (TPSA) is 53.0 Å². The first-order valence-electron chi connectivity index (χ1n) is 4.38. The van der Waals surface area contributed by atoms with Gasteiger partial charge < -0.3 is 10.9 Å². The van der Waals surface area contributed by atoms with Crippen molar-refractivity contribution in [3.8, 4) is 0 Å². The van der Waals surface area contributed by atoms with Crippen molar-refractivity contribution in [2.24, 2.45) is 0 Å². The first kappa shape index (κ1) is 10.5. The summed E-state index contributed by atoms with van der Waals surface area (Å²) in [5.41, 5.74) is 4.74. The molecular weight excluding hydrogens is 221 g/mol. The summed E-state index contributed by atoms with van der Waals surface area (Å²) >= 11 is 0. The Balaban J connectivity index is 2.85. The zero-order valence-corrected chi connectivity index (χ0v) is 7.95. The Bertz CT molecular complexity index is 551. The van der Waals surface area contributed by atoms with Crippen LogP contribution in [0.5, 0.6) is 0 Å². The molecule has 0 aliphatic carbocycles. The van der Waals surface area contributed by atoms with E-state index in [4.69, 9.17) is 5.73 Å². The van der Waals surface area contributed by atoms with Crippen LogP contribution in [0.25, 0.3) is 10.9 Å². The fourth-order valence-corrected chi connectivity index (χ4v) is 1.52. The lowest BCUT2D eigenvalue weighted by Crippen LogP contribution is -2.27. The molecule has 0 saturated heterocycles. The molecule has 0 aliphatic heterocycles. The SMILES string of the molecule is Nc1ccc2c(C(F)(F)F)cc[n+]([O-])c2c1. The maximum atomic E-state index is 12.6. The molecule has 0 aliphatic rings. The number of nitrogens with zero attached hydrogens (tertiary/aromatic N) is 1. The molecule has 16 heavy (non-hydrogen) atoms. The van der Waals surface area contributed by atoms with Crippen LogP contribution in [0, 0.1) is 5.21 Å². The van der Waals surface area contributed by atoms with Gasteiger partial charge in [-0.05, 0) is 12.1 Å². The van der Waals surface area contributed by atoms with E-state index in [-0.39, 0.29) is 16.6 Å². The van der Waals surface area contributed by atoms with Gasteiger partial charge in [-0.3, -0.25) is 0 Å². The van der Waals surface area contributed by atoms with E-state index in [1.54, 1.807) is 0 Å². The fraction of sp³-hybridized carbons (Fsp3) is 0.100. The van der Waals surface area contributed by atoms with Gasteiger partial charge in [-0.1, -0.05) is 0 Å². The molecule has 0 amide bonds. The van der Waals surface area contributed by atoms with Gasteiger partial charge in [-0.2, -0.15) is 17.9 Å². The summed E-state index contributed by atoms with van der Waals surface area (Å²) < 4.78 is 38.2. The van der Waals surface area contributed by atoms with Crippen molar-refractivity contribution in [1.82, 2.24) is 0 Å². The summed E-state index contributed by atoms with van der Waals surface area (Å²) in [6.45, 7) is 0. The molecule has 2 N–H and O–H groups in total. The maximum absolute atomic E-state index is 12.6. The van der Waals surface area contributed by atoms with Crippen molar-refractivity contribution in [3.63, 3.8) is 0 Å². The number of hydrogen-bond donors (Lipinski definition) is 1. The molecule has 0 radical (unpaired) electrons. The van der Waals surface area contributed by atoms with E-state index >= 15 is 0 Å². The van der Waals surface area contributed by atoms with Crippen LogP contribution >= 0.6 is 0 Å². The van der Waals surface area contributed by atoms with Gasteiger partial charge in [0.2, 0.25) is 5.52 Å². The zero-order valence-electron chi connectivity index (χ0n) is 7.95. The van der Waals surface area contributed by atoms with E-state index in [2.05, 4.69) is 0 Å². The molecule has 0 fully saturated rings. The van der Waals surface area contributed by atoms with Crippen LogP contribution < -0.4 is 10.5 Å². The molecule has 6 heteroatoms. The molecule has 84 valence electrons. The lowest BCUT2D eigenvalue weighted by Gasteiger charge is -2.10. The van der Waals surface area contributed by atoms with Gasteiger partial charge in [0.15, 0.2) is 6.20 Å². The molecule has 0 unspecified atom stereocenters. The van der Waals surface area contributed by atoms with Crippen molar-refractivity contribution in [2.75, 3.05) is 5.73 Å². The van der Waals surface area contributed by atoms with Crippen molar-refractivity contribution < 1.29 is 17.9 Å². The molecule has 0 spiro atoms. The van der Waals surface area contributed by atoms with Crippen LogP contribution in [0.3, 0.4) is 0 Å². The predicted molar refractivity (Wildman–Crippen MR) is 52.3 cm³/mol. The van der Waals surface area contributed by atoms with Gasteiger partial charge in [-0.25, -0.2) is 0 Å². The van der Waals surface area contributed by atoms with E-state index in [1.807, 2.05) is 0 Å². The van der Waals surface area contributed by atoms with Gasteiger partial charge >= 0.3 is 6.18 Å². The quantitative estimate of drug-likeness (QED) is 0.426. The van der Waals surface area contributed by atoms with Gasteiger partial charge in [0, 0.05) is 17.8 Å². The molecule has 2 aromatic rings. The Morgan fingerprint density at radius 2 is 1.88 bits per heavy atom. The standard InChI is InChI=1S/C10H7F3N2O/c11-10(12,13)8-3-4-15(16)9-5-6(14)1-2-7(8)9/h1-5H,14H2. The third-order valence-electron chi connectivity index (χ3n) is 2.23. The Labute approximate surface area is 88.5 Å². The number of pyridine rings is 1. The van der Waals surface area contributed by atoms with E-state index in [9.17, 15) is 18.4 Å². The predicted octanol–water partition coefficient (Wildman–Crippen LogP) is 2.07. The second-order valence-corrected chi connectivity index (χ2v) is 3.33. The molecule has 1 aromatic carbocycles. The average molecular weight is 228 g/mol. The van der Waals surface area contributed by atoms with E-state index in [0.29, 0.717) is 4.73 Å². The zero-order chi connectivity index (χ0) is 11.9. The summed E-state index contributed by atoms with van der Waals surface area (Å²) in [7, 11) is 0. The normalized spacial score (nSPS) is 11.9. The number of nitrogens with two attached hydrogens (primary N) is 1. The second kappa shape index (κ2) is 3.26. The monoisotopic (exact) mass is 228 g/mol. The van der Waals surface area contributed by atoms with Crippen molar-refractivity contribution >= 4 is 16.6 Å². The highest BCUT2D eigenvalue weighted by atomic mass is 19.4. The number of anilines is 1. The number of nitrogen functional groups attached to an aromatic ring is 1. The molecular formula is C10H7F3N2O. The molecule has 1 aromatic heterocycles. The highest BCUT2D eigenvalue weighted by Crippen LogP contribution is 2.33. The van der Waals surface area contributed by atoms with Gasteiger partial charge in [0.05, 0.1) is 10.9 Å². The highest BCUT2D eigenvalue weighted by Gasteiger charge is 2.34. The smallest absolute Gasteiger partial charge is 0.417 e. The first-order chi connectivity index (χ1) is 7.39. The van der Waals surface area contributed by atoms with E-state index in [1.165, 1.54) is 18.2 Å². The lowest BCUT2D eigenvalue weighted by atomic mass is 10.1. The number of aromatic nitrogens is 1. The Morgan fingerprint density at radius 1 is 1.19 bits per heavy atom. The summed E-state index contributed by atoms with van der Waals surface area (Å²) in [4.78, 5) is 0. The van der Waals surface area contributed by atoms with E-state index < -0.39 is 11.7 Å². The fourth-order valence-electron chi connectivity index (χ4n) is 1.52. The Hall–Kier alpha value is -1.98. The highest BCUT2D eigenvalue weighted by molar-refractivity contribution is 5.82. The molecule has 0 bridgehead atoms. The number of fused-ring (bicyclic) bond motifs is 1. The molecule has 2 rings (SSSR count). The first-order valence-corrected chi connectivity index (χ1v) is 4.38. The maximum Gasteiger partial charge on any atom is 0.417 e. The molecule has 0 atom stereocenters. The van der Waals surface area contributed by atoms with Crippen molar-refractivity contribution in [3.05, 3.63) is 41.2 Å². The summed E-state index contributed by atoms with van der Waals surface area (Å²) in [5.74, 6) is 0. The number of halogens is 3. The molecule has 0 saturated carbocycles. The van der Waals surface area contributed by atoms with Crippen LogP contribution in [0.15, 0.2) is 30.5 Å². The number of hydrogen-bond acceptors (Lipinski definition) is 2. The Morgan fingerprint density at radius 3 is 2.50 bits per heavy atom. The molecule has 3 nitrogen and oxygen atoms in total. The number of benzene rings is 1. The second-order valence-electron chi connectivity index (χ2n) is 3.33. The summed E-state index contributed by atoms with van der Waals surface area (Å²) in [6.07, 6.45) is -3.66. The number of rotatable bonds is 0. The minimum Gasteiger partial charge on any atom is -0.618 e. The van der Waals surface area contributed by atoms with Crippen molar-refractivity contribution in [2.45, 2.75) is 6.18 Å². The van der Waals surface area contributed by atoms with Crippen LogP contribution in [-0.4, -0.2) is 0 Å². The van der Waals surface area contributed by atoms with Gasteiger partial charge in [0.1, 0.15) is 0 Å². The van der Waals surface area contributed by atoms with Crippen LogP contribution in [0.1, 0.15) is 5.56 Å². The minimum atomic E-state index is -4.48. The lowest BCUT2D eigenvalue weighted by molar-refractivity contribution is -0.577. The van der Waals surface area contributed by atoms with E-state index in [0.717, 1.165) is 12.3 Å².